The van der Waals surface area contributed by atoms with Gasteiger partial charge in [-0.3, -0.25) is 4.57 Å². The van der Waals surface area contributed by atoms with Gasteiger partial charge in [0.05, 0.1) is 17.4 Å². The van der Waals surface area contributed by atoms with Gasteiger partial charge in [-0.05, 0) is 31.6 Å². The van der Waals surface area contributed by atoms with Crippen LogP contribution in [0, 0.1) is 13.8 Å². The Kier molecular flexibility index (Phi) is 3.13. The summed E-state index contributed by atoms with van der Waals surface area (Å²) < 4.78 is 7.74. The fourth-order valence-electron chi connectivity index (χ4n) is 3.24. The van der Waals surface area contributed by atoms with E-state index in [0.29, 0.717) is 11.5 Å². The summed E-state index contributed by atoms with van der Waals surface area (Å²) >= 11 is 0. The van der Waals surface area contributed by atoms with Gasteiger partial charge in [-0.1, -0.05) is 37.4 Å². The molecule has 0 radical (unpaired) electrons. The average molecular weight is 315 g/mol. The number of benzene rings is 1. The lowest BCUT2D eigenvalue weighted by molar-refractivity contribution is 0.575. The Morgan fingerprint density at radius 1 is 1.12 bits per heavy atom. The van der Waals surface area contributed by atoms with Gasteiger partial charge in [-0.15, -0.1) is 0 Å². The highest BCUT2D eigenvalue weighted by Crippen LogP contribution is 2.30. The number of nitrogens with zero attached hydrogens (tertiary/aromatic N) is 3. The van der Waals surface area contributed by atoms with Crippen molar-refractivity contribution in [3.8, 4) is 5.95 Å². The maximum absolute atomic E-state index is 5.70. The minimum absolute atomic E-state index is 0.602. The van der Waals surface area contributed by atoms with E-state index in [9.17, 15) is 0 Å². The molecule has 0 fully saturated rings. The molecule has 0 amide bonds. The van der Waals surface area contributed by atoms with E-state index in [-0.39, 0.29) is 0 Å². The maximum atomic E-state index is 5.70. The molecule has 1 aromatic carbocycles. The van der Waals surface area contributed by atoms with Crippen molar-refractivity contribution in [1.29, 1.82) is 0 Å². The fourth-order valence-corrected chi connectivity index (χ4v) is 3.24. The molecule has 0 saturated carbocycles. The predicted molar refractivity (Wildman–Crippen MR) is 98.3 cm³/mol. The summed E-state index contributed by atoms with van der Waals surface area (Å²) in [6.07, 6.45) is 5.33. The Labute approximate surface area is 139 Å². The van der Waals surface area contributed by atoms with Gasteiger partial charge in [-0.25, -0.2) is 9.97 Å². The van der Waals surface area contributed by atoms with Crippen molar-refractivity contribution in [2.45, 2.75) is 13.8 Å². The van der Waals surface area contributed by atoms with Crippen molar-refractivity contribution in [2.24, 2.45) is 0 Å². The van der Waals surface area contributed by atoms with E-state index < -0.39 is 0 Å². The van der Waals surface area contributed by atoms with E-state index in [4.69, 9.17) is 9.40 Å². The molecule has 0 N–H and O–H groups in total. The zero-order chi connectivity index (χ0) is 16.8. The first-order chi connectivity index (χ1) is 11.7. The van der Waals surface area contributed by atoms with E-state index >= 15 is 0 Å². The lowest BCUT2D eigenvalue weighted by Crippen LogP contribution is -2.03. The lowest BCUT2D eigenvalue weighted by atomic mass is 10.1. The summed E-state index contributed by atoms with van der Waals surface area (Å²) in [5, 5.41) is 1.17. The largest absolute Gasteiger partial charge is 0.457 e. The van der Waals surface area contributed by atoms with Crippen LogP contribution in [0.3, 0.4) is 0 Å². The molecule has 0 spiro atoms. The van der Waals surface area contributed by atoms with Crippen LogP contribution in [0.2, 0.25) is 0 Å². The summed E-state index contributed by atoms with van der Waals surface area (Å²) in [6, 6.07) is 8.22. The summed E-state index contributed by atoms with van der Waals surface area (Å²) in [5.74, 6) is 1.40. The minimum Gasteiger partial charge on any atom is -0.457 e. The van der Waals surface area contributed by atoms with Crippen molar-refractivity contribution in [3.05, 3.63) is 66.2 Å². The second-order valence-electron chi connectivity index (χ2n) is 5.73. The molecule has 3 aromatic heterocycles. The number of hydrogen-bond donors (Lipinski definition) is 0. The van der Waals surface area contributed by atoms with E-state index in [2.05, 4.69) is 37.2 Å². The molecule has 24 heavy (non-hydrogen) atoms. The summed E-state index contributed by atoms with van der Waals surface area (Å²) in [7, 11) is 0. The van der Waals surface area contributed by atoms with Crippen molar-refractivity contribution in [2.75, 3.05) is 0 Å². The van der Waals surface area contributed by atoms with Crippen LogP contribution < -0.4 is 0 Å². The highest BCUT2D eigenvalue weighted by atomic mass is 16.3. The van der Waals surface area contributed by atoms with Crippen LogP contribution in [-0.4, -0.2) is 14.5 Å². The average Bonchev–Trinajstić information content (AvgIpc) is 3.07. The molecule has 0 atom stereocenters. The van der Waals surface area contributed by atoms with Crippen molar-refractivity contribution < 1.29 is 4.42 Å². The van der Waals surface area contributed by atoms with Gasteiger partial charge in [0.2, 0.25) is 5.95 Å². The van der Waals surface area contributed by atoms with Gasteiger partial charge in [0.1, 0.15) is 11.3 Å². The third-order valence-corrected chi connectivity index (χ3v) is 4.41. The number of furan rings is 1. The summed E-state index contributed by atoms with van der Waals surface area (Å²) in [6.45, 7) is 11.8. The molecule has 4 aromatic rings. The third kappa shape index (κ3) is 1.86. The molecule has 0 saturated heterocycles. The minimum atomic E-state index is 0.602. The van der Waals surface area contributed by atoms with Gasteiger partial charge in [0, 0.05) is 10.9 Å². The van der Waals surface area contributed by atoms with Crippen LogP contribution in [0.4, 0.5) is 0 Å². The number of rotatable bonds is 3. The van der Waals surface area contributed by atoms with E-state index in [1.807, 2.05) is 29.7 Å². The number of para-hydroxylation sites is 1. The van der Waals surface area contributed by atoms with E-state index in [1.54, 1.807) is 12.3 Å². The van der Waals surface area contributed by atoms with Gasteiger partial charge in [0.15, 0.2) is 5.58 Å². The fraction of sp³-hybridized carbons (Fsp3) is 0.100. The Balaban J connectivity index is 2.09. The highest BCUT2D eigenvalue weighted by Gasteiger charge is 2.17. The van der Waals surface area contributed by atoms with Crippen LogP contribution in [0.15, 0.2) is 48.0 Å². The maximum Gasteiger partial charge on any atom is 0.235 e. The Morgan fingerprint density at radius 3 is 2.67 bits per heavy atom. The first-order valence-corrected chi connectivity index (χ1v) is 7.77. The zero-order valence-corrected chi connectivity index (χ0v) is 13.7. The molecular weight excluding hydrogens is 298 g/mol. The van der Waals surface area contributed by atoms with Crippen molar-refractivity contribution in [3.63, 3.8) is 0 Å². The van der Waals surface area contributed by atoms with Gasteiger partial charge >= 0.3 is 0 Å². The molecule has 4 nitrogen and oxygen atoms in total. The molecule has 0 unspecified atom stereocenters. The molecule has 3 heterocycles. The monoisotopic (exact) mass is 315 g/mol. The lowest BCUT2D eigenvalue weighted by Gasteiger charge is -2.06. The number of aryl methyl sites for hydroxylation is 2. The second-order valence-corrected chi connectivity index (χ2v) is 5.73. The van der Waals surface area contributed by atoms with E-state index in [1.165, 1.54) is 5.39 Å². The number of hydrogen-bond acceptors (Lipinski definition) is 3. The molecule has 0 aliphatic rings. The predicted octanol–water partition coefficient (Wildman–Crippen LogP) is 5.07. The highest BCUT2D eigenvalue weighted by molar-refractivity contribution is 5.90. The van der Waals surface area contributed by atoms with Crippen molar-refractivity contribution in [1.82, 2.24) is 14.5 Å². The van der Waals surface area contributed by atoms with Gasteiger partial charge in [-0.2, -0.15) is 0 Å². The normalized spacial score (nSPS) is 11.2. The summed E-state index contributed by atoms with van der Waals surface area (Å²) in [5.41, 5.74) is 5.57. The van der Waals surface area contributed by atoms with Crippen LogP contribution in [-0.2, 0) is 0 Å². The van der Waals surface area contributed by atoms with E-state index in [0.717, 1.165) is 33.6 Å². The first kappa shape index (κ1) is 14.5. The topological polar surface area (TPSA) is 43.9 Å². The molecule has 4 rings (SSSR count). The van der Waals surface area contributed by atoms with Crippen LogP contribution in [0.25, 0.3) is 40.1 Å². The first-order valence-electron chi connectivity index (χ1n) is 7.77. The number of fused-ring (bicyclic) bond motifs is 2. The number of aromatic nitrogens is 3. The molecule has 118 valence electrons. The smallest absolute Gasteiger partial charge is 0.235 e. The SMILES string of the molecule is C=Cc1c(C)oc2cnc(-n3c(C=C)c(C)c4ccccc43)nc12. The third-order valence-electron chi connectivity index (χ3n) is 4.41. The molecule has 4 heteroatoms. The second kappa shape index (κ2) is 5.20. The molecular formula is C20H17N3O. The van der Waals surface area contributed by atoms with Gasteiger partial charge < -0.3 is 4.42 Å². The van der Waals surface area contributed by atoms with Crippen LogP contribution >= 0.6 is 0 Å². The molecule has 0 aliphatic heterocycles. The zero-order valence-electron chi connectivity index (χ0n) is 13.7. The Morgan fingerprint density at radius 2 is 1.92 bits per heavy atom. The molecule has 0 bridgehead atoms. The Bertz CT molecular complexity index is 1120. The van der Waals surface area contributed by atoms with Crippen LogP contribution in [0.5, 0.6) is 0 Å². The van der Waals surface area contributed by atoms with Crippen LogP contribution in [0.1, 0.15) is 22.6 Å². The van der Waals surface area contributed by atoms with Crippen molar-refractivity contribution >= 4 is 34.2 Å². The molecule has 0 aliphatic carbocycles. The standard InChI is InChI=1S/C20H17N3O/c1-5-14-13(4)24-18-11-21-20(22-19(14)18)23-16(6-2)12(3)15-9-7-8-10-17(15)23/h5-11H,1-2H2,3-4H3. The van der Waals surface area contributed by atoms with Gasteiger partial charge in [0.25, 0.3) is 0 Å². The summed E-state index contributed by atoms with van der Waals surface area (Å²) in [4.78, 5) is 9.26. The Hall–Kier alpha value is -3.14. The quantitative estimate of drug-likeness (QED) is 0.530.